The molecule has 0 N–H and O–H groups in total. The largest absolute Gasteiger partial charge is 0.373 e. The fraction of sp³-hybridized carbons (Fsp3) is 0.100. The van der Waals surface area contributed by atoms with E-state index in [0.717, 1.165) is 5.56 Å². The first-order valence-electron chi connectivity index (χ1n) is 6.83. The molecule has 0 unspecified atom stereocenters. The Morgan fingerprint density at radius 2 is 1.04 bits per heavy atom. The summed E-state index contributed by atoms with van der Waals surface area (Å²) >= 11 is 0. The molecule has 3 heteroatoms. The topological polar surface area (TPSA) is 34.1 Å². The Kier molecular flexibility index (Phi) is 18.7. The average Bonchev–Trinajstić information content (AvgIpc) is 3.16. The number of carbonyl (C=O) groups excluding carboxylic acids is 2. The summed E-state index contributed by atoms with van der Waals surface area (Å²) in [5, 5.41) is 0. The molecule has 23 heavy (non-hydrogen) atoms. The van der Waals surface area contributed by atoms with Gasteiger partial charge in [0.25, 0.3) is 0 Å². The molecule has 11 radical (unpaired) electrons. The Morgan fingerprint density at radius 1 is 0.739 bits per heavy atom. The number of hydrogen-bond acceptors (Lipinski definition) is 2. The monoisotopic (exact) mass is 386 g/mol. The maximum absolute atomic E-state index is 8.12. The molecule has 1 aromatic carbocycles. The van der Waals surface area contributed by atoms with Gasteiger partial charge in [0.15, 0.2) is 0 Å². The molecule has 2 aliphatic carbocycles. The summed E-state index contributed by atoms with van der Waals surface area (Å²) in [5.41, 5.74) is 1.07. The van der Waals surface area contributed by atoms with Crippen LogP contribution in [0.1, 0.15) is 19.4 Å². The molecular weight excluding hydrogens is 365 g/mol. The van der Waals surface area contributed by atoms with Crippen molar-refractivity contribution in [3.8, 4) is 0 Å². The van der Waals surface area contributed by atoms with E-state index in [4.69, 9.17) is 9.59 Å². The summed E-state index contributed by atoms with van der Waals surface area (Å²) in [6, 6.07) is 9.87. The second-order valence-corrected chi connectivity index (χ2v) is 4.49. The van der Waals surface area contributed by atoms with Crippen molar-refractivity contribution in [1.29, 1.82) is 0 Å². The second-order valence-electron chi connectivity index (χ2n) is 4.49. The molecule has 1 aromatic rings. The van der Waals surface area contributed by atoms with E-state index < -0.39 is 0 Å². The van der Waals surface area contributed by atoms with E-state index in [1.54, 1.807) is 0 Å². The van der Waals surface area contributed by atoms with Gasteiger partial charge in [0, 0.05) is 22.4 Å². The van der Waals surface area contributed by atoms with Crippen molar-refractivity contribution >= 4 is 6.15 Å². The fourth-order valence-corrected chi connectivity index (χ4v) is 1.42. The fourth-order valence-electron chi connectivity index (χ4n) is 1.42. The van der Waals surface area contributed by atoms with Crippen LogP contribution in [0.4, 0.5) is 0 Å². The molecular formula is C20H21NbO2-. The van der Waals surface area contributed by atoms with Crippen molar-refractivity contribution in [2.75, 3.05) is 0 Å². The van der Waals surface area contributed by atoms with E-state index >= 15 is 0 Å². The van der Waals surface area contributed by atoms with Crippen LogP contribution in [0.3, 0.4) is 0 Å². The normalized spacial score (nSPS) is 16.3. The first kappa shape index (κ1) is 24.5. The van der Waals surface area contributed by atoms with Gasteiger partial charge < -0.3 is 0 Å². The third-order valence-electron chi connectivity index (χ3n) is 2.50. The summed E-state index contributed by atoms with van der Waals surface area (Å²) in [7, 11) is 0. The van der Waals surface area contributed by atoms with Gasteiger partial charge in [-0.15, -0.1) is 12.1 Å². The van der Waals surface area contributed by atoms with Gasteiger partial charge in [-0.2, -0.15) is 34.2 Å². The summed E-state index contributed by atoms with van der Waals surface area (Å²) in [6.45, 7) is 7.89. The van der Waals surface area contributed by atoms with Gasteiger partial charge in [-0.25, -0.2) is 0 Å². The van der Waals surface area contributed by atoms with E-state index in [-0.39, 0.29) is 28.5 Å². The van der Waals surface area contributed by atoms with Gasteiger partial charge in [-0.05, 0) is 63.2 Å². The van der Waals surface area contributed by atoms with Gasteiger partial charge in [0.05, 0.1) is 0 Å². The molecule has 0 aliphatic heterocycles. The maximum atomic E-state index is 8.12. The molecule has 3 rings (SSSR count). The van der Waals surface area contributed by atoms with Crippen molar-refractivity contribution in [3.63, 3.8) is 0 Å². The SMILES string of the molecule is C[C]1[CH][CH][CH][CH]1.C[C]1[CH][CH][CH][CH]1.O=C=O.[CH2-]c1ccccc1.[Nb]. The van der Waals surface area contributed by atoms with Gasteiger partial charge in [0.2, 0.25) is 0 Å². The minimum absolute atomic E-state index is 0. The summed E-state index contributed by atoms with van der Waals surface area (Å²) < 4.78 is 0. The van der Waals surface area contributed by atoms with Crippen molar-refractivity contribution in [3.05, 3.63) is 106 Å². The maximum Gasteiger partial charge on any atom is 0.373 e. The van der Waals surface area contributed by atoms with E-state index in [0.29, 0.717) is 0 Å². The number of benzene rings is 1. The Bertz CT molecular complexity index is 360. The van der Waals surface area contributed by atoms with Crippen molar-refractivity contribution in [1.82, 2.24) is 0 Å². The van der Waals surface area contributed by atoms with Gasteiger partial charge in [0.1, 0.15) is 0 Å². The van der Waals surface area contributed by atoms with Crippen LogP contribution in [-0.2, 0) is 32.0 Å². The molecule has 0 amide bonds. The van der Waals surface area contributed by atoms with Crippen LogP contribution in [0.15, 0.2) is 30.3 Å². The van der Waals surface area contributed by atoms with Crippen LogP contribution >= 0.6 is 0 Å². The Hall–Kier alpha value is -0.790. The van der Waals surface area contributed by atoms with Gasteiger partial charge >= 0.3 is 6.15 Å². The van der Waals surface area contributed by atoms with Gasteiger partial charge in [-0.1, -0.05) is 19.9 Å². The molecule has 2 saturated carbocycles. The van der Waals surface area contributed by atoms with Crippen LogP contribution in [0.25, 0.3) is 0 Å². The first-order chi connectivity index (χ1) is 10.6. The zero-order chi connectivity index (χ0) is 16.6. The molecule has 2 fully saturated rings. The number of rotatable bonds is 0. The first-order valence-corrected chi connectivity index (χ1v) is 6.83. The van der Waals surface area contributed by atoms with Gasteiger partial charge in [-0.3, -0.25) is 0 Å². The summed E-state index contributed by atoms with van der Waals surface area (Å²) in [6.07, 6.45) is 16.7. The zero-order valence-electron chi connectivity index (χ0n) is 13.5. The Balaban J connectivity index is 0. The van der Waals surface area contributed by atoms with Crippen LogP contribution < -0.4 is 0 Å². The molecule has 0 atom stereocenters. The van der Waals surface area contributed by atoms with Crippen LogP contribution in [0, 0.1) is 70.1 Å². The minimum atomic E-state index is 0. The molecule has 0 heterocycles. The minimum Gasteiger partial charge on any atom is -0.199 e. The second kappa shape index (κ2) is 17.6. The quantitative estimate of drug-likeness (QED) is 0.497. The summed E-state index contributed by atoms with van der Waals surface area (Å²) in [5.74, 6) is 2.69. The third kappa shape index (κ3) is 17.4. The van der Waals surface area contributed by atoms with Crippen LogP contribution in [0.5, 0.6) is 0 Å². The average molecular weight is 386 g/mol. The van der Waals surface area contributed by atoms with E-state index in [1.807, 2.05) is 56.0 Å². The molecule has 0 bridgehead atoms. The Labute approximate surface area is 158 Å². The molecule has 0 aromatic heterocycles. The Morgan fingerprint density at radius 3 is 1.17 bits per heavy atom. The molecule has 119 valence electrons. The molecule has 2 nitrogen and oxygen atoms in total. The third-order valence-corrected chi connectivity index (χ3v) is 2.50. The van der Waals surface area contributed by atoms with E-state index in [2.05, 4.69) is 46.5 Å². The molecule has 0 spiro atoms. The summed E-state index contributed by atoms with van der Waals surface area (Å²) in [4.78, 5) is 16.2. The van der Waals surface area contributed by atoms with Crippen LogP contribution in [0.2, 0.25) is 0 Å². The zero-order valence-corrected chi connectivity index (χ0v) is 15.7. The smallest absolute Gasteiger partial charge is 0.199 e. The van der Waals surface area contributed by atoms with Crippen molar-refractivity contribution < 1.29 is 32.0 Å². The van der Waals surface area contributed by atoms with Crippen molar-refractivity contribution in [2.24, 2.45) is 0 Å². The molecule has 2 aliphatic rings. The van der Waals surface area contributed by atoms with Crippen LogP contribution in [-0.4, -0.2) is 6.15 Å². The molecule has 0 saturated heterocycles. The van der Waals surface area contributed by atoms with E-state index in [9.17, 15) is 0 Å². The predicted octanol–water partition coefficient (Wildman–Crippen LogP) is 4.11. The van der Waals surface area contributed by atoms with E-state index in [1.165, 1.54) is 11.8 Å². The standard InChI is InChI=1S/C7H7.2C6H7.CO2.Nb/c1-7-5-3-2-4-6-7;2*1-6-4-2-3-5-6;2-1-3;/h2-6H,1H2;2*2-5H,1H3;;/q-1;;;;. The van der Waals surface area contributed by atoms with Crippen molar-refractivity contribution in [2.45, 2.75) is 13.8 Å². The number of hydrogen-bond donors (Lipinski definition) is 0. The predicted molar refractivity (Wildman–Crippen MR) is 88.1 cm³/mol.